The van der Waals surface area contributed by atoms with Gasteiger partial charge in [0.2, 0.25) is 0 Å². The minimum atomic E-state index is -1.40. The molecule has 3 radical (unpaired) electrons. The van der Waals surface area contributed by atoms with E-state index in [4.69, 9.17) is 0 Å². The van der Waals surface area contributed by atoms with Gasteiger partial charge in [0.25, 0.3) is 10.5 Å². The van der Waals surface area contributed by atoms with Gasteiger partial charge < -0.3 is 14.4 Å². The molecule has 0 saturated heterocycles. The lowest BCUT2D eigenvalue weighted by Crippen LogP contribution is -2.31. The molecule has 0 rings (SSSR count). The Balaban J connectivity index is 3.49. The van der Waals surface area contributed by atoms with Crippen molar-refractivity contribution in [2.75, 3.05) is 0 Å². The number of aliphatic carboxylic acids is 1. The molecule has 0 aliphatic rings. The van der Waals surface area contributed by atoms with Crippen LogP contribution < -0.4 is 10.6 Å². The van der Waals surface area contributed by atoms with Gasteiger partial charge in [0, 0.05) is 0 Å². The summed E-state index contributed by atoms with van der Waals surface area (Å²) in [4.78, 5) is 9.71. The van der Waals surface area contributed by atoms with E-state index in [2.05, 4.69) is 21.6 Å². The molecule has 0 spiro atoms. The van der Waals surface area contributed by atoms with Crippen LogP contribution in [0.4, 0.5) is 0 Å². The first kappa shape index (κ1) is 7.19. The highest BCUT2D eigenvalue weighted by molar-refractivity contribution is 5.98. The van der Waals surface area contributed by atoms with Crippen LogP contribution in [-0.4, -0.2) is 16.5 Å². The van der Waals surface area contributed by atoms with Crippen LogP contribution in [0.3, 0.4) is 0 Å². The third kappa shape index (κ3) is 2.38. The molecular weight excluding hydrogens is 126 g/mol. The lowest BCUT2D eigenvalue weighted by atomic mass is 10.5. The minimum Gasteiger partial charge on any atom is -0.543 e. The van der Waals surface area contributed by atoms with Crippen molar-refractivity contribution in [3.63, 3.8) is 0 Å². The summed E-state index contributed by atoms with van der Waals surface area (Å²) in [5.41, 5.74) is 1.57. The molecule has 43 valence electrons. The molecule has 0 amide bonds. The van der Waals surface area contributed by atoms with Gasteiger partial charge in [-0.05, 0) is 0 Å². The van der Waals surface area contributed by atoms with Gasteiger partial charge in [-0.2, -0.15) is 0 Å². The summed E-state index contributed by atoms with van der Waals surface area (Å²) in [6.45, 7) is 3.01. The van der Waals surface area contributed by atoms with Crippen LogP contribution in [0, 0.1) is 0 Å². The van der Waals surface area contributed by atoms with Gasteiger partial charge in [-0.3, -0.25) is 5.48 Å². The number of hydrogen-bond acceptors (Lipinski definition) is 4. The van der Waals surface area contributed by atoms with Crippen LogP contribution in [0.5, 0.6) is 0 Å². The second-order valence-corrected chi connectivity index (χ2v) is 1.17. The number of carboxylic acids is 1. The van der Waals surface area contributed by atoms with E-state index < -0.39 is 5.97 Å². The van der Waals surface area contributed by atoms with Crippen molar-refractivity contribution in [2.45, 2.75) is 0 Å². The number of nitrogens with one attached hydrogen (secondary N) is 1. The van der Waals surface area contributed by atoms with E-state index >= 15 is 0 Å². The predicted molar refractivity (Wildman–Crippen MR) is 24.1 cm³/mol. The number of carboxylic acid groups (broad SMARTS) is 1. The summed E-state index contributed by atoms with van der Waals surface area (Å²) in [7, 11) is 2.50. The second kappa shape index (κ2) is 3.22. The summed E-state index contributed by atoms with van der Waals surface area (Å²) >= 11 is 0. The number of carbonyl (C=O) groups excluding carboxylic acids is 1. The summed E-state index contributed by atoms with van der Waals surface area (Å²) in [5, 5.41) is 9.71. The molecule has 0 aromatic heterocycles. The molecule has 5 heteroatoms. The van der Waals surface area contributed by atoms with Crippen molar-refractivity contribution >= 4 is 16.5 Å². The van der Waals surface area contributed by atoms with Crippen LogP contribution in [0.1, 0.15) is 0 Å². The van der Waals surface area contributed by atoms with E-state index in [0.717, 1.165) is 0 Å². The summed E-state index contributed by atoms with van der Waals surface area (Å²) < 4.78 is 4.00. The first-order valence-electron chi connectivity index (χ1n) is 1.67. The number of carbonyl (C=O) groups is 1. The van der Waals surface area contributed by atoms with Gasteiger partial charge in [-0.15, -0.1) is 0 Å². The highest BCUT2D eigenvalue weighted by Gasteiger charge is 1.87. The normalized spacial score (nSPS) is 8.12. The van der Waals surface area contributed by atoms with Gasteiger partial charge in [0.1, 0.15) is 0 Å². The Morgan fingerprint density at radius 2 is 2.38 bits per heavy atom. The summed E-state index contributed by atoms with van der Waals surface area (Å²) in [6, 6.07) is 0. The minimum absolute atomic E-state index is 0.333. The molecule has 0 unspecified atom stereocenters. The van der Waals surface area contributed by atoms with Crippen molar-refractivity contribution in [1.29, 1.82) is 0 Å². The Kier molecular flexibility index (Phi) is 2.90. The van der Waals surface area contributed by atoms with Crippen molar-refractivity contribution in [3.05, 3.63) is 12.3 Å². The van der Waals surface area contributed by atoms with Crippen molar-refractivity contribution in [2.24, 2.45) is 0 Å². The monoisotopic (exact) mass is 129 g/mol. The average molecular weight is 129 g/mol. The first-order chi connectivity index (χ1) is 3.68. The van der Waals surface area contributed by atoms with E-state index in [9.17, 15) is 9.90 Å². The molecule has 0 saturated carbocycles. The first-order valence-corrected chi connectivity index (χ1v) is 2.08. The zero-order chi connectivity index (χ0) is 6.57. The van der Waals surface area contributed by atoms with Gasteiger partial charge in [0.15, 0.2) is 0 Å². The highest BCUT2D eigenvalue weighted by atomic mass is 28.2. The van der Waals surface area contributed by atoms with Crippen LogP contribution in [0.2, 0.25) is 0 Å². The molecule has 4 nitrogen and oxygen atoms in total. The fourth-order valence-electron chi connectivity index (χ4n) is 0.103. The maximum Gasteiger partial charge on any atom is 0.291 e. The summed E-state index contributed by atoms with van der Waals surface area (Å²) in [5.74, 6) is -1.40. The molecule has 0 aliphatic heterocycles. The fourth-order valence-corrected chi connectivity index (χ4v) is 0.226. The molecule has 8 heavy (non-hydrogen) atoms. The predicted octanol–water partition coefficient (Wildman–Crippen LogP) is -2.15. The molecular formula is C3H3NO3Si-. The highest BCUT2D eigenvalue weighted by Crippen LogP contribution is 1.75. The van der Waals surface area contributed by atoms with Crippen LogP contribution in [0.15, 0.2) is 12.3 Å². The second-order valence-electron chi connectivity index (χ2n) is 0.970. The van der Waals surface area contributed by atoms with Gasteiger partial charge in [0.05, 0.1) is 11.7 Å². The van der Waals surface area contributed by atoms with Crippen molar-refractivity contribution < 1.29 is 14.4 Å². The van der Waals surface area contributed by atoms with Crippen LogP contribution >= 0.6 is 0 Å². The number of hydroxylamine groups is 1. The van der Waals surface area contributed by atoms with Gasteiger partial charge in [-0.1, -0.05) is 6.58 Å². The molecule has 0 aliphatic carbocycles. The topological polar surface area (TPSA) is 61.4 Å². The SMILES string of the molecule is C=C(NO[Si])C(=O)[O-]. The van der Waals surface area contributed by atoms with Crippen LogP contribution in [-0.2, 0) is 9.32 Å². The third-order valence-corrected chi connectivity index (χ3v) is 0.523. The van der Waals surface area contributed by atoms with Crippen molar-refractivity contribution in [1.82, 2.24) is 5.48 Å². The Labute approximate surface area is 49.6 Å². The van der Waals surface area contributed by atoms with E-state index in [0.29, 0.717) is 0 Å². The zero-order valence-electron chi connectivity index (χ0n) is 3.93. The zero-order valence-corrected chi connectivity index (χ0v) is 4.93. The lowest BCUT2D eigenvalue weighted by molar-refractivity contribution is -0.300. The molecule has 0 bridgehead atoms. The Morgan fingerprint density at radius 1 is 1.88 bits per heavy atom. The van der Waals surface area contributed by atoms with E-state index in [1.807, 2.05) is 5.48 Å². The Morgan fingerprint density at radius 3 is 2.50 bits per heavy atom. The third-order valence-electron chi connectivity index (χ3n) is 0.421. The summed E-state index contributed by atoms with van der Waals surface area (Å²) in [6.07, 6.45) is 0. The molecule has 0 fully saturated rings. The quantitative estimate of drug-likeness (QED) is 0.268. The average Bonchev–Trinajstić information content (AvgIpc) is 1.67. The Bertz CT molecular complexity index is 113. The maximum absolute atomic E-state index is 9.71. The molecule has 1 N–H and O–H groups in total. The molecule has 0 atom stereocenters. The van der Waals surface area contributed by atoms with E-state index in [-0.39, 0.29) is 5.70 Å². The molecule has 0 aromatic carbocycles. The lowest BCUT2D eigenvalue weighted by Gasteiger charge is -2.05. The van der Waals surface area contributed by atoms with E-state index in [1.165, 1.54) is 0 Å². The standard InChI is InChI=1S/C3H4NO3Si/c1-2(3(5)6)4-7-8/h4H,1H2,(H,5,6)/p-1. The Hall–Kier alpha value is -0.813. The van der Waals surface area contributed by atoms with E-state index in [1.54, 1.807) is 0 Å². The largest absolute Gasteiger partial charge is 0.543 e. The van der Waals surface area contributed by atoms with Crippen LogP contribution in [0.25, 0.3) is 0 Å². The molecule has 0 heterocycles. The van der Waals surface area contributed by atoms with Gasteiger partial charge in [-0.25, -0.2) is 0 Å². The number of rotatable bonds is 3. The van der Waals surface area contributed by atoms with Crippen molar-refractivity contribution in [3.8, 4) is 0 Å². The van der Waals surface area contributed by atoms with Gasteiger partial charge >= 0.3 is 0 Å². The fraction of sp³-hybridized carbons (Fsp3) is 0. The maximum atomic E-state index is 9.71. The molecule has 0 aromatic rings. The smallest absolute Gasteiger partial charge is 0.291 e. The number of hydrogen-bond donors (Lipinski definition) is 1.